The van der Waals surface area contributed by atoms with Crippen LogP contribution in [0.4, 0.5) is 0 Å². The molecule has 2 aromatic rings. The van der Waals surface area contributed by atoms with Crippen molar-refractivity contribution in [1.29, 1.82) is 0 Å². The SMILES string of the molecule is COc1ccccc1[C@]1(CCNS(=O)(=O)c2ccc(C)cc2)CCO[C@@H](C(C)C)C1. The van der Waals surface area contributed by atoms with E-state index in [4.69, 9.17) is 9.47 Å². The quantitative estimate of drug-likeness (QED) is 0.671. The molecule has 1 fully saturated rings. The summed E-state index contributed by atoms with van der Waals surface area (Å²) in [6.07, 6.45) is 2.50. The summed E-state index contributed by atoms with van der Waals surface area (Å²) in [6, 6.07) is 15.0. The van der Waals surface area contributed by atoms with Crippen molar-refractivity contribution in [3.05, 3.63) is 59.7 Å². The summed E-state index contributed by atoms with van der Waals surface area (Å²) in [4.78, 5) is 0.298. The fraction of sp³-hybridized carbons (Fsp3) is 0.500. The van der Waals surface area contributed by atoms with Crippen LogP contribution in [-0.2, 0) is 20.2 Å². The molecule has 0 spiro atoms. The Labute approximate surface area is 180 Å². The minimum atomic E-state index is -3.54. The van der Waals surface area contributed by atoms with E-state index in [0.29, 0.717) is 30.4 Å². The van der Waals surface area contributed by atoms with Crippen LogP contribution in [0.5, 0.6) is 5.75 Å². The fourth-order valence-corrected chi connectivity index (χ4v) is 5.33. The van der Waals surface area contributed by atoms with E-state index in [1.807, 2.05) is 37.3 Å². The van der Waals surface area contributed by atoms with Crippen LogP contribution in [-0.4, -0.2) is 34.8 Å². The molecule has 0 amide bonds. The molecule has 1 heterocycles. The molecule has 0 aliphatic carbocycles. The van der Waals surface area contributed by atoms with Crippen molar-refractivity contribution in [2.24, 2.45) is 5.92 Å². The predicted octanol–water partition coefficient (Wildman–Crippen LogP) is 4.45. The third kappa shape index (κ3) is 5.05. The molecule has 6 heteroatoms. The molecule has 1 aliphatic rings. The average molecular weight is 432 g/mol. The molecule has 2 aromatic carbocycles. The van der Waals surface area contributed by atoms with Crippen LogP contribution in [0.3, 0.4) is 0 Å². The number of benzene rings is 2. The Morgan fingerprint density at radius 3 is 2.53 bits per heavy atom. The Morgan fingerprint density at radius 2 is 1.87 bits per heavy atom. The van der Waals surface area contributed by atoms with Crippen LogP contribution in [0.25, 0.3) is 0 Å². The summed E-state index contributed by atoms with van der Waals surface area (Å²) in [5.41, 5.74) is 1.97. The molecule has 0 bridgehead atoms. The van der Waals surface area contributed by atoms with Crippen molar-refractivity contribution in [3.8, 4) is 5.75 Å². The fourth-order valence-electron chi connectivity index (χ4n) is 4.29. The van der Waals surface area contributed by atoms with Crippen molar-refractivity contribution in [1.82, 2.24) is 4.72 Å². The van der Waals surface area contributed by atoms with Gasteiger partial charge in [0, 0.05) is 24.1 Å². The summed E-state index contributed by atoms with van der Waals surface area (Å²) in [5.74, 6) is 1.24. The predicted molar refractivity (Wildman–Crippen MR) is 119 cm³/mol. The second-order valence-electron chi connectivity index (χ2n) is 8.55. The van der Waals surface area contributed by atoms with Gasteiger partial charge in [-0.25, -0.2) is 13.1 Å². The topological polar surface area (TPSA) is 64.6 Å². The van der Waals surface area contributed by atoms with Crippen molar-refractivity contribution >= 4 is 10.0 Å². The second-order valence-corrected chi connectivity index (χ2v) is 10.3. The number of hydrogen-bond acceptors (Lipinski definition) is 4. The van der Waals surface area contributed by atoms with Gasteiger partial charge in [0.1, 0.15) is 5.75 Å². The largest absolute Gasteiger partial charge is 0.496 e. The lowest BCUT2D eigenvalue weighted by Gasteiger charge is -2.43. The minimum Gasteiger partial charge on any atom is -0.496 e. The maximum Gasteiger partial charge on any atom is 0.240 e. The van der Waals surface area contributed by atoms with Crippen LogP contribution in [0.1, 0.15) is 44.2 Å². The third-order valence-electron chi connectivity index (χ3n) is 6.15. The van der Waals surface area contributed by atoms with E-state index in [9.17, 15) is 8.42 Å². The number of hydrogen-bond donors (Lipinski definition) is 1. The number of ether oxygens (including phenoxy) is 2. The van der Waals surface area contributed by atoms with Crippen molar-refractivity contribution in [3.63, 3.8) is 0 Å². The highest BCUT2D eigenvalue weighted by Gasteiger charge is 2.41. The highest BCUT2D eigenvalue weighted by Crippen LogP contribution is 2.45. The zero-order valence-corrected chi connectivity index (χ0v) is 19.2. The van der Waals surface area contributed by atoms with E-state index in [1.54, 1.807) is 19.2 Å². The lowest BCUT2D eigenvalue weighted by Crippen LogP contribution is -2.43. The maximum atomic E-state index is 12.8. The van der Waals surface area contributed by atoms with Crippen LogP contribution >= 0.6 is 0 Å². The number of sulfonamides is 1. The Morgan fingerprint density at radius 1 is 1.17 bits per heavy atom. The zero-order chi connectivity index (χ0) is 21.8. The van der Waals surface area contributed by atoms with Gasteiger partial charge in [-0.15, -0.1) is 0 Å². The monoisotopic (exact) mass is 431 g/mol. The first kappa shape index (κ1) is 22.8. The number of rotatable bonds is 8. The summed E-state index contributed by atoms with van der Waals surface area (Å²) in [6.45, 7) is 7.30. The first-order valence-corrected chi connectivity index (χ1v) is 12.1. The van der Waals surface area contributed by atoms with E-state index in [-0.39, 0.29) is 11.5 Å². The van der Waals surface area contributed by atoms with E-state index in [2.05, 4.69) is 24.6 Å². The standard InChI is InChI=1S/C24H33NO4S/c1-18(2)23-17-24(14-16-29-23,21-7-5-6-8-22(21)28-4)13-15-25-30(26,27)20-11-9-19(3)10-12-20/h5-12,18,23,25H,13-17H2,1-4H3/t23-,24-/m1/s1. The molecule has 2 atom stereocenters. The molecule has 1 saturated heterocycles. The van der Waals surface area contributed by atoms with Gasteiger partial charge in [-0.1, -0.05) is 49.7 Å². The van der Waals surface area contributed by atoms with Gasteiger partial charge in [0.05, 0.1) is 18.1 Å². The van der Waals surface area contributed by atoms with Crippen LogP contribution in [0, 0.1) is 12.8 Å². The summed E-state index contributed by atoms with van der Waals surface area (Å²) in [7, 11) is -1.86. The molecule has 0 radical (unpaired) electrons. The van der Waals surface area contributed by atoms with Gasteiger partial charge < -0.3 is 9.47 Å². The number of aryl methyl sites for hydroxylation is 1. The van der Waals surface area contributed by atoms with Gasteiger partial charge in [-0.2, -0.15) is 0 Å². The van der Waals surface area contributed by atoms with Crippen molar-refractivity contribution in [2.45, 2.75) is 56.4 Å². The van der Waals surface area contributed by atoms with Crippen LogP contribution in [0.2, 0.25) is 0 Å². The molecular formula is C24H33NO4S. The molecule has 1 N–H and O–H groups in total. The van der Waals surface area contributed by atoms with E-state index in [0.717, 1.165) is 29.7 Å². The van der Waals surface area contributed by atoms with Gasteiger partial charge in [0.2, 0.25) is 10.0 Å². The van der Waals surface area contributed by atoms with Gasteiger partial charge >= 0.3 is 0 Å². The average Bonchev–Trinajstić information content (AvgIpc) is 2.74. The van der Waals surface area contributed by atoms with Gasteiger partial charge in [-0.05, 0) is 50.3 Å². The molecule has 30 heavy (non-hydrogen) atoms. The van der Waals surface area contributed by atoms with Gasteiger partial charge in [-0.3, -0.25) is 0 Å². The van der Waals surface area contributed by atoms with Crippen LogP contribution < -0.4 is 9.46 Å². The highest BCUT2D eigenvalue weighted by atomic mass is 32.2. The molecular weight excluding hydrogens is 398 g/mol. The van der Waals surface area contributed by atoms with Gasteiger partial charge in [0.25, 0.3) is 0 Å². The normalized spacial score (nSPS) is 22.2. The molecule has 164 valence electrons. The molecule has 1 aliphatic heterocycles. The molecule has 5 nitrogen and oxygen atoms in total. The molecule has 0 saturated carbocycles. The Kier molecular flexibility index (Phi) is 7.22. The first-order valence-electron chi connectivity index (χ1n) is 10.6. The van der Waals surface area contributed by atoms with Crippen LogP contribution in [0.15, 0.2) is 53.4 Å². The van der Waals surface area contributed by atoms with Crippen molar-refractivity contribution in [2.75, 3.05) is 20.3 Å². The van der Waals surface area contributed by atoms with E-state index in [1.165, 1.54) is 0 Å². The smallest absolute Gasteiger partial charge is 0.240 e. The van der Waals surface area contributed by atoms with Crippen molar-refractivity contribution < 1.29 is 17.9 Å². The number of para-hydroxylation sites is 1. The molecule has 0 unspecified atom stereocenters. The third-order valence-corrected chi connectivity index (χ3v) is 7.63. The summed E-state index contributed by atoms with van der Waals surface area (Å²) in [5, 5.41) is 0. The number of methoxy groups -OCH3 is 1. The Balaban J connectivity index is 1.84. The Bertz CT molecular complexity index is 940. The zero-order valence-electron chi connectivity index (χ0n) is 18.4. The lowest BCUT2D eigenvalue weighted by atomic mass is 9.68. The molecule has 0 aromatic heterocycles. The maximum absolute atomic E-state index is 12.8. The summed E-state index contributed by atoms with van der Waals surface area (Å²) < 4.78 is 40.0. The lowest BCUT2D eigenvalue weighted by molar-refractivity contribution is -0.0470. The highest BCUT2D eigenvalue weighted by molar-refractivity contribution is 7.89. The van der Waals surface area contributed by atoms with Gasteiger partial charge in [0.15, 0.2) is 0 Å². The summed E-state index contributed by atoms with van der Waals surface area (Å²) >= 11 is 0. The Hall–Kier alpha value is -1.89. The van der Waals surface area contributed by atoms with E-state index >= 15 is 0 Å². The minimum absolute atomic E-state index is 0.136. The van der Waals surface area contributed by atoms with E-state index < -0.39 is 10.0 Å². The first-order chi connectivity index (χ1) is 14.3. The second kappa shape index (κ2) is 9.50. The number of nitrogens with one attached hydrogen (secondary N) is 1. The molecule has 3 rings (SSSR count).